The van der Waals surface area contributed by atoms with Gasteiger partial charge >= 0.3 is 0 Å². The number of thiazole rings is 1. The number of aryl methyl sites for hydroxylation is 2. The summed E-state index contributed by atoms with van der Waals surface area (Å²) in [6.07, 6.45) is 3.82. The second kappa shape index (κ2) is 7.55. The number of fused-ring (bicyclic) bond motifs is 2. The molecule has 156 valence electrons. The standard InChI is InChI=1S/C23H19N3O3S2/c1-14-12-16(22-25-20-5-3-11-24-23(20)30-22)8-10-19(14)26-31(28,29)17-9-7-15-4-2-6-21(27)18(15)13-17/h3,5,7-13,26H,2,4,6H2,1H3. The predicted molar refractivity (Wildman–Crippen MR) is 122 cm³/mol. The lowest BCUT2D eigenvalue weighted by atomic mass is 9.91. The van der Waals surface area contributed by atoms with Gasteiger partial charge in [0.2, 0.25) is 0 Å². The van der Waals surface area contributed by atoms with Crippen LogP contribution >= 0.6 is 11.3 Å². The Morgan fingerprint density at radius 1 is 1.06 bits per heavy atom. The molecule has 6 nitrogen and oxygen atoms in total. The first kappa shape index (κ1) is 19.8. The molecule has 4 aromatic rings. The third-order valence-electron chi connectivity index (χ3n) is 5.43. The third kappa shape index (κ3) is 3.73. The highest BCUT2D eigenvalue weighted by Crippen LogP contribution is 2.32. The number of sulfonamides is 1. The van der Waals surface area contributed by atoms with Crippen LogP contribution in [0.25, 0.3) is 20.9 Å². The monoisotopic (exact) mass is 449 g/mol. The van der Waals surface area contributed by atoms with Gasteiger partial charge in [-0.3, -0.25) is 9.52 Å². The van der Waals surface area contributed by atoms with Crippen LogP contribution in [-0.2, 0) is 16.4 Å². The summed E-state index contributed by atoms with van der Waals surface area (Å²) >= 11 is 1.50. The SMILES string of the molecule is Cc1cc(-c2nc3cccnc3s2)ccc1NS(=O)(=O)c1ccc2c(c1)C(=O)CCC2. The first-order chi connectivity index (χ1) is 14.9. The van der Waals surface area contributed by atoms with Crippen molar-refractivity contribution in [1.82, 2.24) is 9.97 Å². The van der Waals surface area contributed by atoms with Crippen LogP contribution in [0.1, 0.15) is 34.3 Å². The number of anilines is 1. The summed E-state index contributed by atoms with van der Waals surface area (Å²) in [5, 5.41) is 0.833. The maximum absolute atomic E-state index is 13.0. The molecule has 2 heterocycles. The zero-order chi connectivity index (χ0) is 21.6. The van der Waals surface area contributed by atoms with Gasteiger partial charge in [-0.25, -0.2) is 18.4 Å². The Kier molecular flexibility index (Phi) is 4.83. The fraction of sp³-hybridized carbons (Fsp3) is 0.174. The number of nitrogens with one attached hydrogen (secondary N) is 1. The van der Waals surface area contributed by atoms with Crippen molar-refractivity contribution in [1.29, 1.82) is 0 Å². The van der Waals surface area contributed by atoms with E-state index in [0.29, 0.717) is 17.7 Å². The molecule has 0 aliphatic heterocycles. The molecular formula is C23H19N3O3S2. The van der Waals surface area contributed by atoms with E-state index in [1.807, 2.05) is 31.2 Å². The zero-order valence-corrected chi connectivity index (χ0v) is 18.4. The fourth-order valence-corrected chi connectivity index (χ4v) is 5.84. The molecule has 1 aliphatic carbocycles. The minimum absolute atomic E-state index is 0.00385. The number of hydrogen-bond donors (Lipinski definition) is 1. The van der Waals surface area contributed by atoms with E-state index < -0.39 is 10.0 Å². The molecule has 31 heavy (non-hydrogen) atoms. The van der Waals surface area contributed by atoms with Crippen LogP contribution in [0, 0.1) is 6.92 Å². The van der Waals surface area contributed by atoms with Crippen molar-refractivity contribution < 1.29 is 13.2 Å². The van der Waals surface area contributed by atoms with Gasteiger partial charge in [0.15, 0.2) is 5.78 Å². The van der Waals surface area contributed by atoms with Crippen LogP contribution in [0.15, 0.2) is 59.6 Å². The lowest BCUT2D eigenvalue weighted by molar-refractivity contribution is 0.0972. The van der Waals surface area contributed by atoms with Gasteiger partial charge in [0, 0.05) is 23.7 Å². The van der Waals surface area contributed by atoms with Crippen molar-refractivity contribution in [2.24, 2.45) is 0 Å². The van der Waals surface area contributed by atoms with Gasteiger partial charge in [-0.15, -0.1) is 0 Å². The van der Waals surface area contributed by atoms with Crippen LogP contribution < -0.4 is 4.72 Å². The molecule has 0 atom stereocenters. The Morgan fingerprint density at radius 3 is 2.74 bits per heavy atom. The molecule has 0 amide bonds. The molecule has 2 aromatic carbocycles. The van der Waals surface area contributed by atoms with Gasteiger partial charge in [0.05, 0.1) is 10.6 Å². The van der Waals surface area contributed by atoms with Crippen LogP contribution in [0.4, 0.5) is 5.69 Å². The van der Waals surface area contributed by atoms with Crippen molar-refractivity contribution in [2.75, 3.05) is 4.72 Å². The quantitative estimate of drug-likeness (QED) is 0.474. The Morgan fingerprint density at radius 2 is 1.94 bits per heavy atom. The number of carbonyl (C=O) groups is 1. The average Bonchev–Trinajstić information content (AvgIpc) is 3.19. The average molecular weight is 450 g/mol. The molecule has 0 spiro atoms. The van der Waals surface area contributed by atoms with E-state index >= 15 is 0 Å². The first-order valence-electron chi connectivity index (χ1n) is 9.92. The molecule has 5 rings (SSSR count). The fourth-order valence-electron chi connectivity index (χ4n) is 3.78. The minimum atomic E-state index is -3.82. The summed E-state index contributed by atoms with van der Waals surface area (Å²) in [4.78, 5) is 22.1. The second-order valence-corrected chi connectivity index (χ2v) is 10.2. The molecule has 1 aliphatic rings. The molecule has 0 bridgehead atoms. The maximum Gasteiger partial charge on any atom is 0.261 e. The third-order valence-corrected chi connectivity index (χ3v) is 7.82. The van der Waals surface area contributed by atoms with Gasteiger partial charge in [0.25, 0.3) is 10.0 Å². The number of ketones is 1. The highest BCUT2D eigenvalue weighted by atomic mass is 32.2. The molecule has 0 unspecified atom stereocenters. The van der Waals surface area contributed by atoms with E-state index in [1.165, 1.54) is 17.4 Å². The Balaban J connectivity index is 1.44. The van der Waals surface area contributed by atoms with Gasteiger partial charge < -0.3 is 0 Å². The number of nitrogens with zero attached hydrogens (tertiary/aromatic N) is 2. The van der Waals surface area contributed by atoms with Crippen LogP contribution in [0.5, 0.6) is 0 Å². The molecule has 8 heteroatoms. The number of carbonyl (C=O) groups excluding carboxylic acids is 1. The van der Waals surface area contributed by atoms with Crippen LogP contribution in [0.2, 0.25) is 0 Å². The van der Waals surface area contributed by atoms with Crippen LogP contribution in [-0.4, -0.2) is 24.2 Å². The highest BCUT2D eigenvalue weighted by Gasteiger charge is 2.22. The van der Waals surface area contributed by atoms with Gasteiger partial charge in [0.1, 0.15) is 15.4 Å². The second-order valence-electron chi connectivity index (χ2n) is 7.58. The van der Waals surface area contributed by atoms with E-state index in [4.69, 9.17) is 0 Å². The molecule has 0 radical (unpaired) electrons. The Bertz CT molecular complexity index is 1410. The molecule has 0 fully saturated rings. The largest absolute Gasteiger partial charge is 0.294 e. The first-order valence-corrected chi connectivity index (χ1v) is 12.2. The van der Waals surface area contributed by atoms with Crippen molar-refractivity contribution in [3.8, 4) is 10.6 Å². The van der Waals surface area contributed by atoms with Crippen molar-refractivity contribution in [2.45, 2.75) is 31.1 Å². The minimum Gasteiger partial charge on any atom is -0.294 e. The normalized spacial score (nSPS) is 13.9. The summed E-state index contributed by atoms with van der Waals surface area (Å²) in [7, 11) is -3.82. The molecular weight excluding hydrogens is 430 g/mol. The number of benzene rings is 2. The number of hydrogen-bond acceptors (Lipinski definition) is 6. The van der Waals surface area contributed by atoms with Crippen molar-refractivity contribution in [3.63, 3.8) is 0 Å². The van der Waals surface area contributed by atoms with E-state index in [-0.39, 0.29) is 10.7 Å². The molecule has 1 N–H and O–H groups in total. The lowest BCUT2D eigenvalue weighted by Gasteiger charge is -2.16. The molecule has 0 saturated carbocycles. The summed E-state index contributed by atoms with van der Waals surface area (Å²) < 4.78 is 28.6. The topological polar surface area (TPSA) is 89.0 Å². The lowest BCUT2D eigenvalue weighted by Crippen LogP contribution is -2.16. The summed E-state index contributed by atoms with van der Waals surface area (Å²) in [6, 6.07) is 14.1. The Hall–Kier alpha value is -3.10. The number of pyridine rings is 1. The van der Waals surface area contributed by atoms with E-state index in [1.54, 1.807) is 24.4 Å². The zero-order valence-electron chi connectivity index (χ0n) is 16.8. The van der Waals surface area contributed by atoms with Gasteiger partial charge in [-0.05, 0) is 73.4 Å². The Labute approximate surface area is 184 Å². The highest BCUT2D eigenvalue weighted by molar-refractivity contribution is 7.92. The van der Waals surface area contributed by atoms with Gasteiger partial charge in [-0.1, -0.05) is 17.4 Å². The van der Waals surface area contributed by atoms with E-state index in [2.05, 4.69) is 14.7 Å². The molecule has 0 saturated heterocycles. The van der Waals surface area contributed by atoms with Gasteiger partial charge in [-0.2, -0.15) is 0 Å². The number of rotatable bonds is 4. The van der Waals surface area contributed by atoms with Crippen molar-refractivity contribution >= 4 is 43.2 Å². The molecule has 2 aromatic heterocycles. The maximum atomic E-state index is 13.0. The smallest absolute Gasteiger partial charge is 0.261 e. The van der Waals surface area contributed by atoms with E-state index in [9.17, 15) is 13.2 Å². The summed E-state index contributed by atoms with van der Waals surface area (Å²) in [6.45, 7) is 1.85. The number of Topliss-reactive ketones (excluding diaryl/α,β-unsaturated/α-hetero) is 1. The predicted octanol–water partition coefficient (Wildman–Crippen LogP) is 4.99. The number of aromatic nitrogens is 2. The van der Waals surface area contributed by atoms with E-state index in [0.717, 1.165) is 44.9 Å². The summed E-state index contributed by atoms with van der Waals surface area (Å²) in [5.74, 6) is 0.00385. The summed E-state index contributed by atoms with van der Waals surface area (Å²) in [5.41, 5.74) is 4.45. The van der Waals surface area contributed by atoms with Crippen molar-refractivity contribution in [3.05, 3.63) is 71.4 Å². The van der Waals surface area contributed by atoms with Crippen LogP contribution in [0.3, 0.4) is 0 Å².